The summed E-state index contributed by atoms with van der Waals surface area (Å²) in [6.07, 6.45) is 1.10. The Bertz CT molecular complexity index is 399. The van der Waals surface area contributed by atoms with Crippen LogP contribution < -0.4 is 5.73 Å². The van der Waals surface area contributed by atoms with Crippen molar-refractivity contribution in [2.45, 2.75) is 19.0 Å². The zero-order valence-electron chi connectivity index (χ0n) is 10.1. The van der Waals surface area contributed by atoms with Gasteiger partial charge in [-0.15, -0.1) is 0 Å². The Labute approximate surface area is 102 Å². The van der Waals surface area contributed by atoms with Gasteiger partial charge in [-0.1, -0.05) is 18.2 Å². The van der Waals surface area contributed by atoms with Crippen LogP contribution in [0, 0.1) is 5.41 Å². The molecule has 0 saturated carbocycles. The molecule has 0 radical (unpaired) electrons. The van der Waals surface area contributed by atoms with Crippen LogP contribution in [-0.2, 0) is 11.3 Å². The summed E-state index contributed by atoms with van der Waals surface area (Å²) in [5, 5.41) is 7.43. The Balaban J connectivity index is 2.02. The van der Waals surface area contributed by atoms with Crippen molar-refractivity contribution in [3.63, 3.8) is 0 Å². The third kappa shape index (κ3) is 3.05. The first-order valence-electron chi connectivity index (χ1n) is 5.88. The maximum Gasteiger partial charge on any atom is 0.122 e. The van der Waals surface area contributed by atoms with Gasteiger partial charge in [-0.05, 0) is 25.1 Å². The minimum absolute atomic E-state index is 0.124. The van der Waals surface area contributed by atoms with E-state index in [2.05, 4.69) is 18.0 Å². The lowest BCUT2D eigenvalue weighted by atomic mass is 10.1. The molecular formula is C13H19N3O. The van der Waals surface area contributed by atoms with E-state index in [4.69, 9.17) is 15.9 Å². The lowest BCUT2D eigenvalue weighted by molar-refractivity contribution is 0.156. The molecule has 1 atom stereocenters. The van der Waals surface area contributed by atoms with Gasteiger partial charge in [-0.2, -0.15) is 0 Å². The van der Waals surface area contributed by atoms with Crippen LogP contribution in [0.5, 0.6) is 0 Å². The predicted molar refractivity (Wildman–Crippen MR) is 68.1 cm³/mol. The zero-order valence-corrected chi connectivity index (χ0v) is 10.1. The number of hydrogen-bond donors (Lipinski definition) is 2. The molecule has 92 valence electrons. The Hall–Kier alpha value is -1.39. The van der Waals surface area contributed by atoms with Gasteiger partial charge in [0, 0.05) is 24.8 Å². The SMILES string of the molecule is CN(Cc1cccc(C(=N)N)c1)C1CCOC1. The fourth-order valence-electron chi connectivity index (χ4n) is 2.12. The van der Waals surface area contributed by atoms with Crippen LogP contribution in [-0.4, -0.2) is 37.0 Å². The highest BCUT2D eigenvalue weighted by Gasteiger charge is 2.20. The number of amidine groups is 1. The second kappa shape index (κ2) is 5.29. The van der Waals surface area contributed by atoms with E-state index in [0.29, 0.717) is 6.04 Å². The molecule has 0 spiro atoms. The van der Waals surface area contributed by atoms with Crippen molar-refractivity contribution in [1.82, 2.24) is 4.90 Å². The molecular weight excluding hydrogens is 214 g/mol. The standard InChI is InChI=1S/C13H19N3O/c1-16(12-5-6-17-9-12)8-10-3-2-4-11(7-10)13(14)15/h2-4,7,12H,5-6,8-9H2,1H3,(H3,14,15). The van der Waals surface area contributed by atoms with Gasteiger partial charge < -0.3 is 10.5 Å². The molecule has 0 aromatic heterocycles. The minimum atomic E-state index is 0.124. The first kappa shape index (κ1) is 12.1. The molecule has 1 aromatic carbocycles. The van der Waals surface area contributed by atoms with Crippen LogP contribution in [0.25, 0.3) is 0 Å². The third-order valence-electron chi connectivity index (χ3n) is 3.20. The Morgan fingerprint density at radius 2 is 2.41 bits per heavy atom. The number of hydrogen-bond acceptors (Lipinski definition) is 3. The van der Waals surface area contributed by atoms with Crippen molar-refractivity contribution >= 4 is 5.84 Å². The first-order valence-corrected chi connectivity index (χ1v) is 5.88. The second-order valence-corrected chi connectivity index (χ2v) is 4.55. The van der Waals surface area contributed by atoms with Gasteiger partial charge in [0.2, 0.25) is 0 Å². The number of ether oxygens (including phenoxy) is 1. The molecule has 0 aliphatic carbocycles. The molecule has 1 fully saturated rings. The van der Waals surface area contributed by atoms with Crippen LogP contribution in [0.3, 0.4) is 0 Å². The molecule has 0 bridgehead atoms. The van der Waals surface area contributed by atoms with Gasteiger partial charge in [0.05, 0.1) is 6.61 Å². The predicted octanol–water partition coefficient (Wildman–Crippen LogP) is 1.19. The normalized spacial score (nSPS) is 19.8. The van der Waals surface area contributed by atoms with E-state index < -0.39 is 0 Å². The highest BCUT2D eigenvalue weighted by atomic mass is 16.5. The molecule has 4 nitrogen and oxygen atoms in total. The summed E-state index contributed by atoms with van der Waals surface area (Å²) >= 11 is 0. The highest BCUT2D eigenvalue weighted by Crippen LogP contribution is 2.14. The largest absolute Gasteiger partial charge is 0.384 e. The van der Waals surface area contributed by atoms with E-state index in [1.54, 1.807) is 0 Å². The smallest absolute Gasteiger partial charge is 0.122 e. The fraction of sp³-hybridized carbons (Fsp3) is 0.462. The average Bonchev–Trinajstić information content (AvgIpc) is 2.82. The second-order valence-electron chi connectivity index (χ2n) is 4.55. The first-order chi connectivity index (χ1) is 8.16. The maximum atomic E-state index is 7.43. The van der Waals surface area contributed by atoms with Gasteiger partial charge in [0.1, 0.15) is 5.84 Å². The molecule has 2 rings (SSSR count). The summed E-state index contributed by atoms with van der Waals surface area (Å²) in [7, 11) is 2.11. The average molecular weight is 233 g/mol. The van der Waals surface area contributed by atoms with Crippen molar-refractivity contribution in [2.75, 3.05) is 20.3 Å². The quantitative estimate of drug-likeness (QED) is 0.606. The number of nitrogens with one attached hydrogen (secondary N) is 1. The van der Waals surface area contributed by atoms with Gasteiger partial charge in [0.25, 0.3) is 0 Å². The topological polar surface area (TPSA) is 62.3 Å². The van der Waals surface area contributed by atoms with E-state index in [1.807, 2.05) is 18.2 Å². The molecule has 1 aliphatic rings. The van der Waals surface area contributed by atoms with Crippen LogP contribution in [0.15, 0.2) is 24.3 Å². The zero-order chi connectivity index (χ0) is 12.3. The molecule has 4 heteroatoms. The van der Waals surface area contributed by atoms with Crippen LogP contribution in [0.2, 0.25) is 0 Å². The van der Waals surface area contributed by atoms with Crippen molar-refractivity contribution in [2.24, 2.45) is 5.73 Å². The number of likely N-dealkylation sites (N-methyl/N-ethyl adjacent to an activating group) is 1. The van der Waals surface area contributed by atoms with Crippen molar-refractivity contribution in [3.05, 3.63) is 35.4 Å². The monoisotopic (exact) mass is 233 g/mol. The third-order valence-corrected chi connectivity index (χ3v) is 3.20. The van der Waals surface area contributed by atoms with E-state index in [-0.39, 0.29) is 5.84 Å². The van der Waals surface area contributed by atoms with Crippen molar-refractivity contribution in [1.29, 1.82) is 5.41 Å². The number of nitrogens with zero attached hydrogens (tertiary/aromatic N) is 1. The summed E-state index contributed by atoms with van der Waals surface area (Å²) in [6, 6.07) is 8.37. The number of benzene rings is 1. The van der Waals surface area contributed by atoms with Crippen molar-refractivity contribution < 1.29 is 4.74 Å². The lowest BCUT2D eigenvalue weighted by Gasteiger charge is -2.22. The fourth-order valence-corrected chi connectivity index (χ4v) is 2.12. The summed E-state index contributed by atoms with van der Waals surface area (Å²) in [5.74, 6) is 0.124. The molecule has 1 aromatic rings. The molecule has 1 saturated heterocycles. The van der Waals surface area contributed by atoms with E-state index in [0.717, 1.165) is 31.7 Å². The van der Waals surface area contributed by atoms with Gasteiger partial charge in [0.15, 0.2) is 0 Å². The number of nitrogens with two attached hydrogens (primary N) is 1. The van der Waals surface area contributed by atoms with E-state index in [1.165, 1.54) is 5.56 Å². The van der Waals surface area contributed by atoms with Gasteiger partial charge >= 0.3 is 0 Å². The van der Waals surface area contributed by atoms with Crippen LogP contribution in [0.4, 0.5) is 0 Å². The molecule has 1 aliphatic heterocycles. The van der Waals surface area contributed by atoms with E-state index >= 15 is 0 Å². The molecule has 1 heterocycles. The number of nitrogen functional groups attached to an aromatic ring is 1. The van der Waals surface area contributed by atoms with Crippen LogP contribution >= 0.6 is 0 Å². The molecule has 17 heavy (non-hydrogen) atoms. The molecule has 1 unspecified atom stereocenters. The summed E-state index contributed by atoms with van der Waals surface area (Å²) in [6.45, 7) is 2.56. The molecule has 0 amide bonds. The Morgan fingerprint density at radius 3 is 3.06 bits per heavy atom. The van der Waals surface area contributed by atoms with Crippen molar-refractivity contribution in [3.8, 4) is 0 Å². The van der Waals surface area contributed by atoms with E-state index in [9.17, 15) is 0 Å². The summed E-state index contributed by atoms with van der Waals surface area (Å²) < 4.78 is 5.38. The summed E-state index contributed by atoms with van der Waals surface area (Å²) in [5.41, 5.74) is 7.46. The Morgan fingerprint density at radius 1 is 1.59 bits per heavy atom. The summed E-state index contributed by atoms with van der Waals surface area (Å²) in [4.78, 5) is 2.30. The number of rotatable bonds is 4. The highest BCUT2D eigenvalue weighted by molar-refractivity contribution is 5.95. The van der Waals surface area contributed by atoms with Gasteiger partial charge in [-0.3, -0.25) is 10.3 Å². The Kier molecular flexibility index (Phi) is 3.76. The maximum absolute atomic E-state index is 7.43. The van der Waals surface area contributed by atoms with Crippen LogP contribution in [0.1, 0.15) is 17.5 Å². The van der Waals surface area contributed by atoms with Gasteiger partial charge in [-0.25, -0.2) is 0 Å². The minimum Gasteiger partial charge on any atom is -0.384 e. The molecule has 3 N–H and O–H groups in total. The lowest BCUT2D eigenvalue weighted by Crippen LogP contribution is -2.31.